The van der Waals surface area contributed by atoms with E-state index in [1.807, 2.05) is 26.0 Å². The molecule has 2 aromatic carbocycles. The van der Waals surface area contributed by atoms with Gasteiger partial charge in [0.2, 0.25) is 0 Å². The van der Waals surface area contributed by atoms with E-state index in [1.54, 1.807) is 28.9 Å². The molecule has 0 saturated carbocycles. The Morgan fingerprint density at radius 1 is 1.23 bits per heavy atom. The van der Waals surface area contributed by atoms with E-state index in [0.717, 1.165) is 35.1 Å². The number of aromatic nitrogens is 2. The van der Waals surface area contributed by atoms with E-state index in [1.165, 1.54) is 12.1 Å². The van der Waals surface area contributed by atoms with Crippen LogP contribution in [0.2, 0.25) is 5.02 Å². The van der Waals surface area contributed by atoms with E-state index in [4.69, 9.17) is 22.0 Å². The van der Waals surface area contributed by atoms with Crippen molar-refractivity contribution in [1.29, 1.82) is 5.26 Å². The van der Waals surface area contributed by atoms with Gasteiger partial charge in [0, 0.05) is 18.3 Å². The van der Waals surface area contributed by atoms with Crippen LogP contribution in [0.5, 0.6) is 0 Å². The molecule has 3 rings (SSSR count). The highest BCUT2D eigenvalue weighted by Gasteiger charge is 2.25. The lowest BCUT2D eigenvalue weighted by Crippen LogP contribution is -2.31. The molecule has 0 aliphatic heterocycles. The molecule has 1 heterocycles. The van der Waals surface area contributed by atoms with E-state index in [2.05, 4.69) is 5.10 Å². The second-order valence-corrected chi connectivity index (χ2v) is 9.29. The van der Waals surface area contributed by atoms with Crippen LogP contribution in [0.3, 0.4) is 0 Å². The normalized spacial score (nSPS) is 11.2. The molecule has 0 atom stereocenters. The Kier molecular flexibility index (Phi) is 6.06. The average molecular weight is 459 g/mol. The van der Waals surface area contributed by atoms with Crippen LogP contribution in [0.25, 0.3) is 11.1 Å². The molecular weight excluding hydrogens is 440 g/mol. The summed E-state index contributed by atoms with van der Waals surface area (Å²) >= 11 is 6.18. The number of carbonyl (C=O) groups is 1. The van der Waals surface area contributed by atoms with E-state index in [9.17, 15) is 13.2 Å². The Morgan fingerprint density at radius 3 is 2.42 bits per heavy atom. The van der Waals surface area contributed by atoms with Crippen molar-refractivity contribution in [3.8, 4) is 17.2 Å². The first kappa shape index (κ1) is 22.3. The maximum atomic E-state index is 12.3. The number of nitrogens with zero attached hydrogens (tertiary/aromatic N) is 4. The van der Waals surface area contributed by atoms with Gasteiger partial charge in [-0.25, -0.2) is 17.5 Å². The molecule has 0 fully saturated rings. The minimum atomic E-state index is -4.11. The van der Waals surface area contributed by atoms with Crippen LogP contribution < -0.4 is 0 Å². The van der Waals surface area contributed by atoms with Crippen LogP contribution in [0.1, 0.15) is 22.5 Å². The molecule has 3 aromatic rings. The Bertz CT molecular complexity index is 1310. The van der Waals surface area contributed by atoms with E-state index in [0.29, 0.717) is 17.1 Å². The minimum Gasteiger partial charge on any atom is -0.464 e. The molecule has 0 radical (unpaired) electrons. The Balaban J connectivity index is 1.90. The third kappa shape index (κ3) is 4.26. The molecule has 10 heteroatoms. The Labute approximate surface area is 185 Å². The summed E-state index contributed by atoms with van der Waals surface area (Å²) in [7, 11) is -3.12. The van der Waals surface area contributed by atoms with Crippen molar-refractivity contribution in [3.05, 3.63) is 70.0 Å². The van der Waals surface area contributed by atoms with Crippen LogP contribution >= 0.6 is 11.6 Å². The number of hydrogen-bond donors (Lipinski definition) is 1. The van der Waals surface area contributed by atoms with Gasteiger partial charge in [0.05, 0.1) is 27.7 Å². The summed E-state index contributed by atoms with van der Waals surface area (Å²) in [5.41, 5.74) is 4.64. The largest absolute Gasteiger partial charge is 0.464 e. The lowest BCUT2D eigenvalue weighted by Gasteiger charge is -2.14. The van der Waals surface area contributed by atoms with E-state index in [-0.39, 0.29) is 9.20 Å². The molecule has 0 saturated heterocycles. The number of benzene rings is 2. The van der Waals surface area contributed by atoms with Crippen LogP contribution in [-0.2, 0) is 16.6 Å². The van der Waals surface area contributed by atoms with Crippen molar-refractivity contribution in [2.45, 2.75) is 25.3 Å². The maximum absolute atomic E-state index is 12.3. The summed E-state index contributed by atoms with van der Waals surface area (Å²) in [5.74, 6) is 0. The summed E-state index contributed by atoms with van der Waals surface area (Å²) in [5, 5.41) is 23.0. The molecule has 0 aliphatic rings. The standard InChI is InChI=1S/C21H19ClN4O4S/c1-13-20(16-6-7-17(11-23)19(22)10-16)14(2)26(24-13)12-15-4-8-18(9-5-15)31(29,30)25(3)21(27)28/h4-10H,12H2,1-3H3,(H,27,28). The van der Waals surface area contributed by atoms with Crippen molar-refractivity contribution in [1.82, 2.24) is 14.1 Å². The monoisotopic (exact) mass is 458 g/mol. The lowest BCUT2D eigenvalue weighted by atomic mass is 10.0. The van der Waals surface area contributed by atoms with Crippen LogP contribution in [0.15, 0.2) is 47.4 Å². The fourth-order valence-corrected chi connectivity index (χ4v) is 4.46. The van der Waals surface area contributed by atoms with Crippen LogP contribution in [-0.4, -0.2) is 40.8 Å². The fraction of sp³-hybridized carbons (Fsp3) is 0.190. The third-order valence-corrected chi connectivity index (χ3v) is 7.00. The van der Waals surface area contributed by atoms with Crippen LogP contribution in [0.4, 0.5) is 4.79 Å². The highest BCUT2D eigenvalue weighted by molar-refractivity contribution is 7.89. The summed E-state index contributed by atoms with van der Waals surface area (Å²) in [6.07, 6.45) is -1.55. The van der Waals surface area contributed by atoms with Gasteiger partial charge >= 0.3 is 6.09 Å². The Hall–Kier alpha value is -3.35. The summed E-state index contributed by atoms with van der Waals surface area (Å²) in [6.45, 7) is 4.19. The average Bonchev–Trinajstić information content (AvgIpc) is 3.00. The first-order valence-corrected chi connectivity index (χ1v) is 10.9. The minimum absolute atomic E-state index is 0.109. The molecule has 0 aliphatic carbocycles. The van der Waals surface area contributed by atoms with Crippen molar-refractivity contribution >= 4 is 27.7 Å². The van der Waals surface area contributed by atoms with E-state index < -0.39 is 16.1 Å². The first-order valence-electron chi connectivity index (χ1n) is 9.11. The maximum Gasteiger partial charge on any atom is 0.421 e. The van der Waals surface area contributed by atoms with Gasteiger partial charge in [0.25, 0.3) is 10.0 Å². The third-order valence-electron chi connectivity index (χ3n) is 4.94. The van der Waals surface area contributed by atoms with Gasteiger partial charge in [-0.2, -0.15) is 10.4 Å². The number of aryl methyl sites for hydroxylation is 1. The molecule has 0 bridgehead atoms. The predicted octanol–water partition coefficient (Wildman–Crippen LogP) is 4.04. The van der Waals surface area contributed by atoms with Crippen molar-refractivity contribution in [3.63, 3.8) is 0 Å². The van der Waals surface area contributed by atoms with Gasteiger partial charge in [-0.15, -0.1) is 0 Å². The smallest absolute Gasteiger partial charge is 0.421 e. The molecule has 0 unspecified atom stereocenters. The summed E-state index contributed by atoms with van der Waals surface area (Å²) < 4.78 is 26.6. The Morgan fingerprint density at radius 2 is 1.87 bits per heavy atom. The number of hydrogen-bond acceptors (Lipinski definition) is 5. The SMILES string of the molecule is Cc1nn(Cc2ccc(S(=O)(=O)N(C)C(=O)O)cc2)c(C)c1-c1ccc(C#N)c(Cl)c1. The van der Waals surface area contributed by atoms with Gasteiger partial charge in [0.15, 0.2) is 0 Å². The predicted molar refractivity (Wildman–Crippen MR) is 115 cm³/mol. The van der Waals surface area contributed by atoms with Gasteiger partial charge < -0.3 is 5.11 Å². The highest BCUT2D eigenvalue weighted by atomic mass is 35.5. The molecule has 1 amide bonds. The summed E-state index contributed by atoms with van der Waals surface area (Å²) in [6, 6.07) is 13.3. The van der Waals surface area contributed by atoms with Gasteiger partial charge in [-0.05, 0) is 49.2 Å². The zero-order valence-corrected chi connectivity index (χ0v) is 18.6. The summed E-state index contributed by atoms with van der Waals surface area (Å²) in [4.78, 5) is 10.9. The number of amides is 1. The zero-order chi connectivity index (χ0) is 22.9. The first-order chi connectivity index (χ1) is 14.6. The number of halogens is 1. The van der Waals surface area contributed by atoms with Gasteiger partial charge in [-0.1, -0.05) is 29.8 Å². The topological polar surface area (TPSA) is 116 Å². The molecule has 8 nitrogen and oxygen atoms in total. The number of rotatable bonds is 5. The van der Waals surface area contributed by atoms with Crippen molar-refractivity contribution in [2.24, 2.45) is 0 Å². The van der Waals surface area contributed by atoms with Gasteiger partial charge in [0.1, 0.15) is 6.07 Å². The number of nitriles is 1. The molecule has 160 valence electrons. The number of sulfonamides is 1. The molecule has 1 N–H and O–H groups in total. The van der Waals surface area contributed by atoms with Crippen LogP contribution in [0, 0.1) is 25.2 Å². The number of carboxylic acid groups (broad SMARTS) is 1. The lowest BCUT2D eigenvalue weighted by molar-refractivity contribution is 0.178. The quantitative estimate of drug-likeness (QED) is 0.616. The molecule has 0 spiro atoms. The molecular formula is C21H19ClN4O4S. The second kappa shape index (κ2) is 8.41. The van der Waals surface area contributed by atoms with Crippen molar-refractivity contribution in [2.75, 3.05) is 7.05 Å². The van der Waals surface area contributed by atoms with Gasteiger partial charge in [-0.3, -0.25) is 4.68 Å². The molecule has 1 aromatic heterocycles. The highest BCUT2D eigenvalue weighted by Crippen LogP contribution is 2.30. The second-order valence-electron chi connectivity index (χ2n) is 6.91. The fourth-order valence-electron chi connectivity index (χ4n) is 3.23. The molecule has 31 heavy (non-hydrogen) atoms. The van der Waals surface area contributed by atoms with Crippen molar-refractivity contribution < 1.29 is 18.3 Å². The zero-order valence-electron chi connectivity index (χ0n) is 17.0. The van der Waals surface area contributed by atoms with E-state index >= 15 is 0 Å².